The van der Waals surface area contributed by atoms with E-state index in [0.29, 0.717) is 18.5 Å². The van der Waals surface area contributed by atoms with Gasteiger partial charge in [0, 0.05) is 29.2 Å². The summed E-state index contributed by atoms with van der Waals surface area (Å²) in [7, 11) is 0. The molecule has 0 spiro atoms. The molecule has 174 valence electrons. The molecule has 1 aliphatic rings. The molecule has 7 nitrogen and oxygen atoms in total. The molecule has 7 heteroatoms. The van der Waals surface area contributed by atoms with E-state index >= 15 is 0 Å². The normalized spacial score (nSPS) is 15.3. The first-order valence-electron chi connectivity index (χ1n) is 11.6. The number of nitrogens with one attached hydrogen (secondary N) is 1. The van der Waals surface area contributed by atoms with Crippen molar-refractivity contribution in [3.63, 3.8) is 0 Å². The first-order valence-corrected chi connectivity index (χ1v) is 11.6. The van der Waals surface area contributed by atoms with Crippen LogP contribution in [0.4, 0.5) is 10.5 Å². The number of hydrogen-bond acceptors (Lipinski definition) is 5. The molecule has 0 radical (unpaired) electrons. The summed E-state index contributed by atoms with van der Waals surface area (Å²) < 4.78 is 0. The number of carbonyl (C=O) groups excluding carboxylic acids is 3. The third-order valence-corrected chi connectivity index (χ3v) is 6.55. The number of aryl methyl sites for hydroxylation is 2. The van der Waals surface area contributed by atoms with E-state index in [4.69, 9.17) is 0 Å². The SMILES string of the molecule is O=C1NC(=O)C(CCc2ccccn2)(CCc2ccccn2)C(=O)N1c1cccc2ccccc12. The summed E-state index contributed by atoms with van der Waals surface area (Å²) in [6.07, 6.45) is 4.64. The van der Waals surface area contributed by atoms with Crippen molar-refractivity contribution in [3.05, 3.63) is 103 Å². The maximum Gasteiger partial charge on any atom is 0.335 e. The first-order chi connectivity index (χ1) is 17.1. The molecular weight excluding hydrogens is 440 g/mol. The lowest BCUT2D eigenvalue weighted by Gasteiger charge is -2.39. The van der Waals surface area contributed by atoms with Gasteiger partial charge in [-0.2, -0.15) is 0 Å². The Balaban J connectivity index is 1.56. The molecule has 0 atom stereocenters. The van der Waals surface area contributed by atoms with Crippen LogP contribution in [0.25, 0.3) is 10.8 Å². The van der Waals surface area contributed by atoms with Crippen LogP contribution in [0, 0.1) is 5.41 Å². The van der Waals surface area contributed by atoms with Crippen LogP contribution in [-0.2, 0) is 22.4 Å². The van der Waals surface area contributed by atoms with E-state index in [9.17, 15) is 14.4 Å². The molecule has 1 saturated heterocycles. The van der Waals surface area contributed by atoms with E-state index in [1.807, 2.05) is 66.7 Å². The number of anilines is 1. The van der Waals surface area contributed by atoms with Crippen molar-refractivity contribution in [2.75, 3.05) is 4.90 Å². The van der Waals surface area contributed by atoms with Gasteiger partial charge in [0.05, 0.1) is 5.69 Å². The molecule has 1 N–H and O–H groups in total. The second kappa shape index (κ2) is 9.46. The highest BCUT2D eigenvalue weighted by Crippen LogP contribution is 2.39. The first kappa shape index (κ1) is 22.4. The zero-order valence-electron chi connectivity index (χ0n) is 19.1. The minimum atomic E-state index is -1.44. The molecule has 5 rings (SSSR count). The lowest BCUT2D eigenvalue weighted by atomic mass is 9.74. The highest BCUT2D eigenvalue weighted by molar-refractivity contribution is 6.31. The minimum absolute atomic E-state index is 0.218. The summed E-state index contributed by atoms with van der Waals surface area (Å²) in [6, 6.07) is 23.4. The van der Waals surface area contributed by atoms with Crippen molar-refractivity contribution in [1.29, 1.82) is 0 Å². The Hall–Kier alpha value is -4.39. The topological polar surface area (TPSA) is 92.3 Å². The molecule has 1 fully saturated rings. The van der Waals surface area contributed by atoms with Gasteiger partial charge in [-0.3, -0.25) is 24.9 Å². The Bertz CT molecular complexity index is 1340. The van der Waals surface area contributed by atoms with Crippen molar-refractivity contribution < 1.29 is 14.4 Å². The molecule has 2 aromatic heterocycles. The van der Waals surface area contributed by atoms with Gasteiger partial charge in [0.15, 0.2) is 0 Å². The van der Waals surface area contributed by atoms with Gasteiger partial charge in [-0.25, -0.2) is 9.69 Å². The molecule has 0 bridgehead atoms. The molecule has 3 heterocycles. The number of fused-ring (bicyclic) bond motifs is 1. The van der Waals surface area contributed by atoms with E-state index in [-0.39, 0.29) is 12.8 Å². The predicted molar refractivity (Wildman–Crippen MR) is 133 cm³/mol. The van der Waals surface area contributed by atoms with Crippen LogP contribution < -0.4 is 10.2 Å². The average Bonchev–Trinajstić information content (AvgIpc) is 2.90. The standard InChI is InChI=1S/C28H24N4O3/c33-25-28(16-14-21-10-3-5-18-29-21,17-15-22-11-4-6-19-30-22)26(34)32(27(35)31-25)24-13-7-9-20-8-1-2-12-23(20)24/h1-13,18-19H,14-17H2,(H,31,33,35). The van der Waals surface area contributed by atoms with Crippen LogP contribution >= 0.6 is 0 Å². The number of aromatic nitrogens is 2. The van der Waals surface area contributed by atoms with Crippen molar-refractivity contribution in [1.82, 2.24) is 15.3 Å². The quantitative estimate of drug-likeness (QED) is 0.408. The van der Waals surface area contributed by atoms with E-state index < -0.39 is 23.3 Å². The Morgan fingerprint density at radius 3 is 1.94 bits per heavy atom. The second-order valence-corrected chi connectivity index (χ2v) is 8.62. The predicted octanol–water partition coefficient (Wildman–Crippen LogP) is 4.46. The van der Waals surface area contributed by atoms with E-state index in [1.165, 1.54) is 0 Å². The van der Waals surface area contributed by atoms with Crippen LogP contribution in [0.15, 0.2) is 91.3 Å². The Morgan fingerprint density at radius 2 is 1.31 bits per heavy atom. The number of barbiturate groups is 1. The number of rotatable bonds is 7. The fraction of sp³-hybridized carbons (Fsp3) is 0.179. The smallest absolute Gasteiger partial charge is 0.276 e. The van der Waals surface area contributed by atoms with Gasteiger partial charge in [0.2, 0.25) is 5.91 Å². The maximum absolute atomic E-state index is 14.2. The van der Waals surface area contributed by atoms with Gasteiger partial charge in [-0.05, 0) is 61.4 Å². The van der Waals surface area contributed by atoms with Gasteiger partial charge in [-0.15, -0.1) is 0 Å². The van der Waals surface area contributed by atoms with Gasteiger partial charge in [0.25, 0.3) is 5.91 Å². The molecule has 1 aliphatic heterocycles. The number of carbonyl (C=O) groups is 3. The number of pyridine rings is 2. The number of nitrogens with zero attached hydrogens (tertiary/aromatic N) is 3. The van der Waals surface area contributed by atoms with Gasteiger partial charge in [0.1, 0.15) is 5.41 Å². The summed E-state index contributed by atoms with van der Waals surface area (Å²) in [6.45, 7) is 0. The van der Waals surface area contributed by atoms with Crippen LogP contribution in [0.2, 0.25) is 0 Å². The van der Waals surface area contributed by atoms with E-state index in [2.05, 4.69) is 15.3 Å². The minimum Gasteiger partial charge on any atom is -0.276 e. The fourth-order valence-corrected chi connectivity index (χ4v) is 4.64. The van der Waals surface area contributed by atoms with Gasteiger partial charge < -0.3 is 0 Å². The molecule has 2 aromatic carbocycles. The number of imide groups is 2. The third-order valence-electron chi connectivity index (χ3n) is 6.55. The summed E-state index contributed by atoms with van der Waals surface area (Å²) >= 11 is 0. The lowest BCUT2D eigenvalue weighted by Crippen LogP contribution is -2.64. The zero-order chi connectivity index (χ0) is 24.3. The monoisotopic (exact) mass is 464 g/mol. The number of urea groups is 1. The van der Waals surface area contributed by atoms with Crippen molar-refractivity contribution in [2.24, 2.45) is 5.41 Å². The number of hydrogen-bond donors (Lipinski definition) is 1. The van der Waals surface area contributed by atoms with Crippen LogP contribution in [0.3, 0.4) is 0 Å². The molecule has 4 amide bonds. The summed E-state index contributed by atoms with van der Waals surface area (Å²) in [5.74, 6) is -1.09. The molecule has 0 saturated carbocycles. The van der Waals surface area contributed by atoms with Crippen LogP contribution in [0.1, 0.15) is 24.2 Å². The molecular formula is C28H24N4O3. The fourth-order valence-electron chi connectivity index (χ4n) is 4.64. The van der Waals surface area contributed by atoms with Crippen molar-refractivity contribution >= 4 is 34.3 Å². The second-order valence-electron chi connectivity index (χ2n) is 8.62. The lowest BCUT2D eigenvalue weighted by molar-refractivity contribution is -0.143. The largest absolute Gasteiger partial charge is 0.335 e. The summed E-state index contributed by atoms with van der Waals surface area (Å²) in [4.78, 5) is 50.4. The van der Waals surface area contributed by atoms with E-state index in [1.54, 1.807) is 24.5 Å². The average molecular weight is 465 g/mol. The van der Waals surface area contributed by atoms with Gasteiger partial charge in [-0.1, -0.05) is 48.5 Å². The Kier molecular flexibility index (Phi) is 6.06. The van der Waals surface area contributed by atoms with Crippen LogP contribution in [-0.4, -0.2) is 27.8 Å². The highest BCUT2D eigenvalue weighted by Gasteiger charge is 2.53. The van der Waals surface area contributed by atoms with Crippen molar-refractivity contribution in [2.45, 2.75) is 25.7 Å². The zero-order valence-corrected chi connectivity index (χ0v) is 19.1. The highest BCUT2D eigenvalue weighted by atomic mass is 16.2. The van der Waals surface area contributed by atoms with Crippen LogP contribution in [0.5, 0.6) is 0 Å². The summed E-state index contributed by atoms with van der Waals surface area (Å²) in [5, 5.41) is 4.13. The maximum atomic E-state index is 14.2. The molecule has 4 aromatic rings. The molecule has 0 unspecified atom stereocenters. The number of amides is 4. The van der Waals surface area contributed by atoms with Crippen molar-refractivity contribution in [3.8, 4) is 0 Å². The van der Waals surface area contributed by atoms with E-state index in [0.717, 1.165) is 27.1 Å². The van der Waals surface area contributed by atoms with Gasteiger partial charge >= 0.3 is 6.03 Å². The Labute approximate surface area is 202 Å². The number of benzene rings is 2. The third kappa shape index (κ3) is 4.28. The summed E-state index contributed by atoms with van der Waals surface area (Å²) in [5.41, 5.74) is 0.566. The Morgan fingerprint density at radius 1 is 0.714 bits per heavy atom. The molecule has 0 aliphatic carbocycles. The molecule has 35 heavy (non-hydrogen) atoms.